The molecule has 0 spiro atoms. The van der Waals surface area contributed by atoms with Gasteiger partial charge in [0.25, 0.3) is 0 Å². The van der Waals surface area contributed by atoms with Crippen molar-refractivity contribution in [1.82, 2.24) is 9.88 Å². The van der Waals surface area contributed by atoms with Gasteiger partial charge in [-0.25, -0.2) is 4.98 Å². The van der Waals surface area contributed by atoms with E-state index >= 15 is 0 Å². The van der Waals surface area contributed by atoms with Crippen LogP contribution in [0.3, 0.4) is 0 Å². The first-order valence-electron chi connectivity index (χ1n) is 9.85. The maximum Gasteiger partial charge on any atom is 0.236 e. The zero-order valence-corrected chi connectivity index (χ0v) is 18.4. The fourth-order valence-corrected chi connectivity index (χ4v) is 5.07. The van der Waals surface area contributed by atoms with Crippen molar-refractivity contribution < 1.29 is 9.59 Å². The van der Waals surface area contributed by atoms with E-state index in [1.54, 1.807) is 0 Å². The van der Waals surface area contributed by atoms with Crippen LogP contribution in [0.5, 0.6) is 0 Å². The summed E-state index contributed by atoms with van der Waals surface area (Å²) in [5.41, 5.74) is 4.47. The number of hydrogen-bond donors (Lipinski definition) is 1. The molecule has 1 aliphatic rings. The summed E-state index contributed by atoms with van der Waals surface area (Å²) >= 11 is 2.81. The molecule has 0 atom stereocenters. The van der Waals surface area contributed by atoms with E-state index in [-0.39, 0.29) is 17.6 Å². The molecule has 0 saturated carbocycles. The predicted molar refractivity (Wildman–Crippen MR) is 124 cm³/mol. The van der Waals surface area contributed by atoms with Crippen molar-refractivity contribution in [3.8, 4) is 11.3 Å². The molecule has 4 rings (SSSR count). The second-order valence-corrected chi connectivity index (χ2v) is 9.35. The molecule has 0 unspecified atom stereocenters. The summed E-state index contributed by atoms with van der Waals surface area (Å²) in [4.78, 5) is 32.3. The lowest BCUT2D eigenvalue weighted by molar-refractivity contribution is -0.129. The standard InChI is InChI=1S/C23H23N3O2S2/c1-16-22(18-8-3-2-4-9-18)25-23(30-16)24-20(27)14-29-15-21(28)26-12-11-17-7-5-6-10-19(17)13-26/h2-10H,11-15H2,1H3,(H,24,25,27). The molecule has 3 aromatic rings. The number of carbonyl (C=O) groups is 2. The minimum absolute atomic E-state index is 0.0822. The van der Waals surface area contributed by atoms with Crippen LogP contribution in [0.25, 0.3) is 11.3 Å². The summed E-state index contributed by atoms with van der Waals surface area (Å²) in [6.45, 7) is 3.39. The highest BCUT2D eigenvalue weighted by Gasteiger charge is 2.20. The summed E-state index contributed by atoms with van der Waals surface area (Å²) in [6, 6.07) is 18.2. The van der Waals surface area contributed by atoms with Gasteiger partial charge < -0.3 is 10.2 Å². The van der Waals surface area contributed by atoms with Crippen molar-refractivity contribution in [2.75, 3.05) is 23.4 Å². The fraction of sp³-hybridized carbons (Fsp3) is 0.261. The average molecular weight is 438 g/mol. The van der Waals surface area contributed by atoms with Gasteiger partial charge in [-0.05, 0) is 24.5 Å². The maximum absolute atomic E-state index is 12.5. The van der Waals surface area contributed by atoms with E-state index in [2.05, 4.69) is 22.4 Å². The number of nitrogens with zero attached hydrogens (tertiary/aromatic N) is 2. The molecule has 2 heterocycles. The molecule has 1 aromatic heterocycles. The summed E-state index contributed by atoms with van der Waals surface area (Å²) in [5, 5.41) is 3.46. The third kappa shape index (κ3) is 4.91. The van der Waals surface area contributed by atoms with Gasteiger partial charge in [0, 0.05) is 23.5 Å². The first-order valence-corrected chi connectivity index (χ1v) is 11.8. The van der Waals surface area contributed by atoms with Crippen LogP contribution in [-0.2, 0) is 22.6 Å². The topological polar surface area (TPSA) is 62.3 Å². The van der Waals surface area contributed by atoms with E-state index in [0.717, 1.165) is 29.1 Å². The Labute approximate surface area is 184 Å². The molecule has 0 saturated heterocycles. The zero-order chi connectivity index (χ0) is 20.9. The van der Waals surface area contributed by atoms with Gasteiger partial charge in [0.2, 0.25) is 11.8 Å². The summed E-state index contributed by atoms with van der Waals surface area (Å²) in [6.07, 6.45) is 0.889. The average Bonchev–Trinajstić information content (AvgIpc) is 3.13. The van der Waals surface area contributed by atoms with Gasteiger partial charge in [-0.3, -0.25) is 9.59 Å². The Morgan fingerprint density at radius 1 is 1.07 bits per heavy atom. The lowest BCUT2D eigenvalue weighted by Gasteiger charge is -2.28. The van der Waals surface area contributed by atoms with Crippen molar-refractivity contribution in [3.63, 3.8) is 0 Å². The third-order valence-electron chi connectivity index (χ3n) is 5.03. The van der Waals surface area contributed by atoms with Crippen molar-refractivity contribution >= 4 is 40.0 Å². The number of hydrogen-bond acceptors (Lipinski definition) is 5. The van der Waals surface area contributed by atoms with Crippen LogP contribution < -0.4 is 5.32 Å². The lowest BCUT2D eigenvalue weighted by Crippen LogP contribution is -2.37. The number of rotatable bonds is 6. The highest BCUT2D eigenvalue weighted by atomic mass is 32.2. The monoisotopic (exact) mass is 437 g/mol. The van der Waals surface area contributed by atoms with Crippen molar-refractivity contribution in [1.29, 1.82) is 0 Å². The molecule has 5 nitrogen and oxygen atoms in total. The molecule has 1 N–H and O–H groups in total. The molecule has 2 aromatic carbocycles. The number of nitrogens with one attached hydrogen (secondary N) is 1. The smallest absolute Gasteiger partial charge is 0.236 e. The number of anilines is 1. The quantitative estimate of drug-likeness (QED) is 0.622. The SMILES string of the molecule is Cc1sc(NC(=O)CSCC(=O)N2CCc3ccccc3C2)nc1-c1ccccc1. The minimum atomic E-state index is -0.134. The molecule has 1 aliphatic heterocycles. The van der Waals surface area contributed by atoms with E-state index in [1.165, 1.54) is 34.2 Å². The summed E-state index contributed by atoms with van der Waals surface area (Å²) in [5.74, 6) is 0.487. The fourth-order valence-electron chi connectivity index (χ4n) is 3.50. The molecular formula is C23H23N3O2S2. The number of aryl methyl sites for hydroxylation is 1. The number of thioether (sulfide) groups is 1. The summed E-state index contributed by atoms with van der Waals surface area (Å²) < 4.78 is 0. The van der Waals surface area contributed by atoms with Crippen LogP contribution in [0.15, 0.2) is 54.6 Å². The van der Waals surface area contributed by atoms with Gasteiger partial charge >= 0.3 is 0 Å². The molecule has 0 aliphatic carbocycles. The van der Waals surface area contributed by atoms with Crippen molar-refractivity contribution in [2.45, 2.75) is 19.9 Å². The first kappa shape index (κ1) is 20.6. The molecule has 2 amide bonds. The largest absolute Gasteiger partial charge is 0.337 e. The number of fused-ring (bicyclic) bond motifs is 1. The minimum Gasteiger partial charge on any atom is -0.337 e. The summed E-state index contributed by atoms with van der Waals surface area (Å²) in [7, 11) is 0. The Morgan fingerprint density at radius 3 is 2.60 bits per heavy atom. The highest BCUT2D eigenvalue weighted by Crippen LogP contribution is 2.30. The molecule has 154 valence electrons. The van der Waals surface area contributed by atoms with Gasteiger partial charge in [0.15, 0.2) is 5.13 Å². The van der Waals surface area contributed by atoms with E-state index in [0.29, 0.717) is 17.4 Å². The van der Waals surface area contributed by atoms with Crippen LogP contribution in [0.2, 0.25) is 0 Å². The third-order valence-corrected chi connectivity index (χ3v) is 6.84. The van der Waals surface area contributed by atoms with E-state index in [4.69, 9.17) is 0 Å². The van der Waals surface area contributed by atoms with Gasteiger partial charge in [-0.15, -0.1) is 23.1 Å². The first-order chi connectivity index (χ1) is 14.6. The molecule has 7 heteroatoms. The van der Waals surface area contributed by atoms with Gasteiger partial charge in [0.1, 0.15) is 0 Å². The molecular weight excluding hydrogens is 414 g/mol. The number of amides is 2. The lowest BCUT2D eigenvalue weighted by atomic mass is 10.00. The van der Waals surface area contributed by atoms with Crippen LogP contribution in [-0.4, -0.2) is 39.7 Å². The van der Waals surface area contributed by atoms with E-state index in [1.807, 2.05) is 54.3 Å². The van der Waals surface area contributed by atoms with Crippen molar-refractivity contribution in [2.24, 2.45) is 0 Å². The van der Waals surface area contributed by atoms with Gasteiger partial charge in [-0.2, -0.15) is 0 Å². The molecule has 0 fully saturated rings. The van der Waals surface area contributed by atoms with E-state index < -0.39 is 0 Å². The van der Waals surface area contributed by atoms with Crippen LogP contribution in [0.4, 0.5) is 5.13 Å². The Morgan fingerprint density at radius 2 is 1.80 bits per heavy atom. The Kier molecular flexibility index (Phi) is 6.50. The molecule has 0 bridgehead atoms. The number of carbonyl (C=O) groups excluding carboxylic acids is 2. The number of thiazole rings is 1. The Bertz CT molecular complexity index is 1050. The van der Waals surface area contributed by atoms with Gasteiger partial charge in [0.05, 0.1) is 17.2 Å². The van der Waals surface area contributed by atoms with E-state index in [9.17, 15) is 9.59 Å². The second kappa shape index (κ2) is 9.45. The Hall–Kier alpha value is -2.64. The highest BCUT2D eigenvalue weighted by molar-refractivity contribution is 8.00. The molecule has 0 radical (unpaired) electrons. The predicted octanol–water partition coefficient (Wildman–Crippen LogP) is 4.38. The van der Waals surface area contributed by atoms with Crippen LogP contribution in [0, 0.1) is 6.92 Å². The molecule has 30 heavy (non-hydrogen) atoms. The zero-order valence-electron chi connectivity index (χ0n) is 16.8. The van der Waals surface area contributed by atoms with Crippen LogP contribution >= 0.6 is 23.1 Å². The van der Waals surface area contributed by atoms with Crippen molar-refractivity contribution in [3.05, 3.63) is 70.6 Å². The van der Waals surface area contributed by atoms with Crippen LogP contribution in [0.1, 0.15) is 16.0 Å². The van der Waals surface area contributed by atoms with Gasteiger partial charge in [-0.1, -0.05) is 54.6 Å². The number of aromatic nitrogens is 1. The second-order valence-electron chi connectivity index (χ2n) is 7.16. The number of benzene rings is 2. The maximum atomic E-state index is 12.5. The Balaban J connectivity index is 1.25. The normalized spacial score (nSPS) is 13.0.